The first-order valence-corrected chi connectivity index (χ1v) is 19.7. The second-order valence-corrected chi connectivity index (χ2v) is 16.0. The van der Waals surface area contributed by atoms with Gasteiger partial charge in [0.1, 0.15) is 6.04 Å². The number of carbonyl (C=O) groups is 3. The van der Waals surface area contributed by atoms with Gasteiger partial charge in [0, 0.05) is 22.9 Å². The molecule has 0 bridgehead atoms. The van der Waals surface area contributed by atoms with E-state index >= 15 is 0 Å². The van der Waals surface area contributed by atoms with Crippen LogP contribution in [0.15, 0.2) is 24.3 Å². The summed E-state index contributed by atoms with van der Waals surface area (Å²) in [7, 11) is 0. The van der Waals surface area contributed by atoms with Crippen LogP contribution >= 0.6 is 12.6 Å². The Morgan fingerprint density at radius 3 is 1.77 bits per heavy atom. The summed E-state index contributed by atoms with van der Waals surface area (Å²) in [6, 6.07) is 6.82. The summed E-state index contributed by atoms with van der Waals surface area (Å²) in [6.07, 6.45) is 14.7. The highest BCUT2D eigenvalue weighted by Crippen LogP contribution is 2.37. The monoisotopic (exact) mass is 671 g/mol. The van der Waals surface area contributed by atoms with Crippen LogP contribution in [-0.4, -0.2) is 40.5 Å². The standard InChI is InChI=1S/C41H69NO4S/c1-9-27(3)15-13-17-30(6)33(23-22-32(8)38-39(43)34-19-11-12-20-35(34)40(38)44)25-29(5)21-24-36(42-37(26-47)41(45)46)31(7)18-14-16-28(4)10-2/h11-12,19-20,27-33,36-38,42,47H,9-10,13-18,21-26H2,1-8H3,(H,45,46). The first-order valence-electron chi connectivity index (χ1n) is 19.1. The zero-order valence-corrected chi connectivity index (χ0v) is 32.0. The molecule has 0 saturated heterocycles. The maximum absolute atomic E-state index is 13.2. The molecule has 0 saturated carbocycles. The lowest BCUT2D eigenvalue weighted by atomic mass is 9.76. The van der Waals surface area contributed by atoms with Crippen molar-refractivity contribution in [3.8, 4) is 0 Å². The number of aliphatic carboxylic acids is 1. The fourth-order valence-corrected chi connectivity index (χ4v) is 7.94. The van der Waals surface area contributed by atoms with Crippen molar-refractivity contribution in [3.05, 3.63) is 35.4 Å². The van der Waals surface area contributed by atoms with E-state index in [-0.39, 0.29) is 29.3 Å². The molecule has 0 radical (unpaired) electrons. The van der Waals surface area contributed by atoms with Gasteiger partial charge < -0.3 is 10.4 Å². The van der Waals surface area contributed by atoms with Gasteiger partial charge in [0.25, 0.3) is 0 Å². The van der Waals surface area contributed by atoms with E-state index in [9.17, 15) is 19.5 Å². The Bertz CT molecular complexity index is 1060. The van der Waals surface area contributed by atoms with Gasteiger partial charge in [-0.15, -0.1) is 0 Å². The molecule has 0 spiro atoms. The van der Waals surface area contributed by atoms with Crippen LogP contribution in [0.2, 0.25) is 0 Å². The third-order valence-electron chi connectivity index (χ3n) is 11.8. The van der Waals surface area contributed by atoms with Crippen molar-refractivity contribution in [1.29, 1.82) is 0 Å². The number of ketones is 2. The van der Waals surface area contributed by atoms with E-state index in [1.54, 1.807) is 12.1 Å². The number of hydrogen-bond donors (Lipinski definition) is 3. The number of carboxylic acids is 1. The molecule has 268 valence electrons. The molecule has 1 aromatic rings. The molecule has 9 atom stereocenters. The van der Waals surface area contributed by atoms with E-state index in [1.165, 1.54) is 44.9 Å². The number of rotatable bonds is 25. The second-order valence-electron chi connectivity index (χ2n) is 15.7. The Kier molecular flexibility index (Phi) is 18.9. The summed E-state index contributed by atoms with van der Waals surface area (Å²) in [4.78, 5) is 38.4. The van der Waals surface area contributed by atoms with Crippen molar-refractivity contribution < 1.29 is 19.5 Å². The van der Waals surface area contributed by atoms with Crippen LogP contribution in [0, 0.1) is 47.3 Å². The van der Waals surface area contributed by atoms with Gasteiger partial charge in [0.2, 0.25) is 0 Å². The van der Waals surface area contributed by atoms with Gasteiger partial charge >= 0.3 is 5.97 Å². The van der Waals surface area contributed by atoms with E-state index in [0.717, 1.165) is 50.4 Å². The zero-order valence-electron chi connectivity index (χ0n) is 31.1. The van der Waals surface area contributed by atoms with Crippen LogP contribution in [0.25, 0.3) is 0 Å². The van der Waals surface area contributed by atoms with Crippen LogP contribution in [0.1, 0.15) is 160 Å². The minimum atomic E-state index is -0.826. The fourth-order valence-electron chi connectivity index (χ4n) is 7.68. The molecule has 2 rings (SSSR count). The minimum Gasteiger partial charge on any atom is -0.480 e. The highest BCUT2D eigenvalue weighted by atomic mass is 32.1. The van der Waals surface area contributed by atoms with Gasteiger partial charge in [0.15, 0.2) is 11.6 Å². The molecule has 6 heteroatoms. The Labute approximate surface area is 293 Å². The first-order chi connectivity index (χ1) is 22.3. The van der Waals surface area contributed by atoms with Gasteiger partial charge in [-0.25, -0.2) is 0 Å². The third-order valence-corrected chi connectivity index (χ3v) is 12.1. The largest absolute Gasteiger partial charge is 0.480 e. The van der Waals surface area contributed by atoms with Gasteiger partial charge in [-0.2, -0.15) is 12.6 Å². The maximum atomic E-state index is 13.2. The lowest BCUT2D eigenvalue weighted by Crippen LogP contribution is -2.47. The van der Waals surface area contributed by atoms with Gasteiger partial charge in [-0.1, -0.05) is 125 Å². The molecule has 5 nitrogen and oxygen atoms in total. The van der Waals surface area contributed by atoms with Crippen LogP contribution < -0.4 is 5.32 Å². The normalized spacial score (nSPS) is 19.4. The predicted molar refractivity (Wildman–Crippen MR) is 201 cm³/mol. The number of hydrogen-bond acceptors (Lipinski definition) is 5. The highest BCUT2D eigenvalue weighted by molar-refractivity contribution is 7.80. The summed E-state index contributed by atoms with van der Waals surface area (Å²) in [5.41, 5.74) is 1.19. The molecule has 0 heterocycles. The first kappa shape index (κ1) is 41.5. The lowest BCUT2D eigenvalue weighted by molar-refractivity contribution is -0.139. The molecule has 2 N–H and O–H groups in total. The molecular formula is C41H69NO4S. The number of fused-ring (bicyclic) bond motifs is 1. The number of thiol groups is 1. The van der Waals surface area contributed by atoms with Gasteiger partial charge in [0.05, 0.1) is 5.92 Å². The molecule has 1 aliphatic carbocycles. The molecule has 0 aliphatic heterocycles. The number of benzene rings is 1. The molecular weight excluding hydrogens is 603 g/mol. The number of carboxylic acid groups (broad SMARTS) is 1. The van der Waals surface area contributed by atoms with Crippen LogP contribution in [0.3, 0.4) is 0 Å². The van der Waals surface area contributed by atoms with E-state index in [0.29, 0.717) is 34.8 Å². The molecule has 1 aliphatic rings. The highest BCUT2D eigenvalue weighted by Gasteiger charge is 2.41. The summed E-state index contributed by atoms with van der Waals surface area (Å²) in [5.74, 6) is 2.42. The summed E-state index contributed by atoms with van der Waals surface area (Å²) >= 11 is 4.34. The van der Waals surface area contributed by atoms with Crippen molar-refractivity contribution in [3.63, 3.8) is 0 Å². The Hall–Kier alpha value is -1.66. The summed E-state index contributed by atoms with van der Waals surface area (Å²) < 4.78 is 0. The van der Waals surface area contributed by atoms with E-state index < -0.39 is 17.9 Å². The van der Waals surface area contributed by atoms with Crippen LogP contribution in [-0.2, 0) is 4.79 Å². The van der Waals surface area contributed by atoms with Crippen LogP contribution in [0.4, 0.5) is 0 Å². The van der Waals surface area contributed by atoms with Gasteiger partial charge in [-0.05, 0) is 80.0 Å². The van der Waals surface area contributed by atoms with Gasteiger partial charge in [-0.3, -0.25) is 14.4 Å². The molecule has 0 fully saturated rings. The van der Waals surface area contributed by atoms with Crippen molar-refractivity contribution in [1.82, 2.24) is 5.32 Å². The fraction of sp³-hybridized carbons (Fsp3) is 0.780. The Morgan fingerprint density at radius 1 is 0.745 bits per heavy atom. The average Bonchev–Trinajstić information content (AvgIpc) is 3.31. The summed E-state index contributed by atoms with van der Waals surface area (Å²) in [5, 5.41) is 13.3. The number of nitrogens with one attached hydrogen (secondary N) is 1. The van der Waals surface area contributed by atoms with E-state index in [2.05, 4.69) is 73.3 Å². The van der Waals surface area contributed by atoms with E-state index in [4.69, 9.17) is 0 Å². The van der Waals surface area contributed by atoms with E-state index in [1.807, 2.05) is 12.1 Å². The lowest BCUT2D eigenvalue weighted by Gasteiger charge is -2.31. The summed E-state index contributed by atoms with van der Waals surface area (Å²) in [6.45, 7) is 18.3. The quantitative estimate of drug-likeness (QED) is 0.0712. The molecule has 0 aromatic heterocycles. The molecule has 1 aromatic carbocycles. The predicted octanol–water partition coefficient (Wildman–Crippen LogP) is 10.6. The maximum Gasteiger partial charge on any atom is 0.321 e. The average molecular weight is 672 g/mol. The van der Waals surface area contributed by atoms with Crippen molar-refractivity contribution in [2.24, 2.45) is 47.3 Å². The SMILES string of the molecule is CCC(C)CCCC(C)C(CCC(C)C1C(=O)c2ccccc2C1=O)CC(C)CCC(NC(CS)C(=O)O)C(C)CCCC(C)CC. The Morgan fingerprint density at radius 2 is 1.28 bits per heavy atom. The topological polar surface area (TPSA) is 83.5 Å². The Balaban J connectivity index is 2.09. The third kappa shape index (κ3) is 13.3. The minimum absolute atomic E-state index is 0.00214. The van der Waals surface area contributed by atoms with Crippen molar-refractivity contribution in [2.75, 3.05) is 5.75 Å². The number of Topliss-reactive ketones (excluding diaryl/α,β-unsaturated/α-hetero) is 2. The number of carbonyl (C=O) groups excluding carboxylic acids is 2. The smallest absolute Gasteiger partial charge is 0.321 e. The second kappa shape index (κ2) is 21.4. The molecule has 9 unspecified atom stereocenters. The van der Waals surface area contributed by atoms with Crippen LogP contribution in [0.5, 0.6) is 0 Å². The van der Waals surface area contributed by atoms with Crippen molar-refractivity contribution >= 4 is 30.2 Å². The van der Waals surface area contributed by atoms with Crippen molar-refractivity contribution in [2.45, 2.75) is 151 Å². The zero-order chi connectivity index (χ0) is 35.1. The molecule has 47 heavy (non-hydrogen) atoms. The molecule has 0 amide bonds.